The summed E-state index contributed by atoms with van der Waals surface area (Å²) in [5.74, 6) is -0.937. The van der Waals surface area contributed by atoms with Crippen molar-refractivity contribution in [2.75, 3.05) is 7.05 Å². The number of carbonyl (C=O) groups is 1. The first-order chi connectivity index (χ1) is 5.75. The van der Waals surface area contributed by atoms with Gasteiger partial charge in [0.05, 0.1) is 11.3 Å². The van der Waals surface area contributed by atoms with Gasteiger partial charge in [-0.25, -0.2) is 4.79 Å². The van der Waals surface area contributed by atoms with Gasteiger partial charge < -0.3 is 10.4 Å². The van der Waals surface area contributed by atoms with Gasteiger partial charge in [-0.3, -0.25) is 4.98 Å². The van der Waals surface area contributed by atoms with Crippen molar-refractivity contribution < 1.29 is 9.90 Å². The number of pyridine rings is 1. The van der Waals surface area contributed by atoms with Gasteiger partial charge in [0.1, 0.15) is 0 Å². The fraction of sp³-hybridized carbons (Fsp3) is 0.250. The minimum Gasteiger partial charge on any atom is -0.478 e. The van der Waals surface area contributed by atoms with Gasteiger partial charge in [0.25, 0.3) is 0 Å². The molecule has 0 aromatic carbocycles. The predicted molar refractivity (Wildman–Crippen MR) is 44.0 cm³/mol. The third-order valence-electron chi connectivity index (χ3n) is 1.46. The molecule has 1 rings (SSSR count). The highest BCUT2D eigenvalue weighted by Crippen LogP contribution is 2.04. The van der Waals surface area contributed by atoms with Crippen LogP contribution in [0.15, 0.2) is 18.3 Å². The zero-order valence-corrected chi connectivity index (χ0v) is 6.74. The summed E-state index contributed by atoms with van der Waals surface area (Å²) in [7, 11) is 1.75. The van der Waals surface area contributed by atoms with Gasteiger partial charge in [-0.15, -0.1) is 0 Å². The van der Waals surface area contributed by atoms with E-state index in [1.807, 2.05) is 0 Å². The second kappa shape index (κ2) is 3.82. The average Bonchev–Trinajstić information content (AvgIpc) is 2.05. The molecule has 0 bridgehead atoms. The molecule has 12 heavy (non-hydrogen) atoms. The van der Waals surface area contributed by atoms with Gasteiger partial charge in [0, 0.05) is 12.7 Å². The molecule has 0 saturated carbocycles. The average molecular weight is 166 g/mol. The molecule has 2 N–H and O–H groups in total. The van der Waals surface area contributed by atoms with Crippen molar-refractivity contribution in [3.63, 3.8) is 0 Å². The zero-order valence-electron chi connectivity index (χ0n) is 6.74. The van der Waals surface area contributed by atoms with Crippen LogP contribution in [-0.2, 0) is 6.54 Å². The lowest BCUT2D eigenvalue weighted by molar-refractivity contribution is 0.0695. The largest absolute Gasteiger partial charge is 0.478 e. The van der Waals surface area contributed by atoms with Crippen LogP contribution in [0, 0.1) is 0 Å². The Morgan fingerprint density at radius 3 is 3.08 bits per heavy atom. The molecule has 4 nitrogen and oxygen atoms in total. The molecule has 1 heterocycles. The molecule has 4 heteroatoms. The van der Waals surface area contributed by atoms with Crippen LogP contribution in [0.4, 0.5) is 0 Å². The maximum absolute atomic E-state index is 10.6. The first kappa shape index (κ1) is 8.67. The minimum absolute atomic E-state index is 0.256. The molecule has 1 aromatic rings. The van der Waals surface area contributed by atoms with Gasteiger partial charge in [-0.1, -0.05) is 0 Å². The van der Waals surface area contributed by atoms with Crippen LogP contribution in [0.2, 0.25) is 0 Å². The molecule has 0 aliphatic heterocycles. The number of nitrogens with one attached hydrogen (secondary N) is 1. The van der Waals surface area contributed by atoms with Crippen LogP contribution in [-0.4, -0.2) is 23.1 Å². The highest BCUT2D eigenvalue weighted by atomic mass is 16.4. The molecule has 0 unspecified atom stereocenters. The van der Waals surface area contributed by atoms with Gasteiger partial charge in [-0.2, -0.15) is 0 Å². The van der Waals surface area contributed by atoms with Crippen molar-refractivity contribution in [2.45, 2.75) is 6.54 Å². The Kier molecular flexibility index (Phi) is 2.76. The highest BCUT2D eigenvalue weighted by molar-refractivity contribution is 5.88. The lowest BCUT2D eigenvalue weighted by Gasteiger charge is -2.02. The van der Waals surface area contributed by atoms with E-state index < -0.39 is 5.97 Å². The fourth-order valence-corrected chi connectivity index (χ4v) is 0.941. The first-order valence-corrected chi connectivity index (χ1v) is 3.57. The normalized spacial score (nSPS) is 9.75. The number of carboxylic acid groups (broad SMARTS) is 1. The summed E-state index contributed by atoms with van der Waals surface area (Å²) < 4.78 is 0. The zero-order chi connectivity index (χ0) is 8.97. The van der Waals surface area contributed by atoms with Gasteiger partial charge in [0.2, 0.25) is 0 Å². The summed E-state index contributed by atoms with van der Waals surface area (Å²) in [6, 6.07) is 3.16. The second-order valence-corrected chi connectivity index (χ2v) is 2.33. The molecule has 0 radical (unpaired) electrons. The van der Waals surface area contributed by atoms with E-state index in [-0.39, 0.29) is 5.56 Å². The van der Waals surface area contributed by atoms with Crippen LogP contribution >= 0.6 is 0 Å². The number of carboxylic acids is 1. The van der Waals surface area contributed by atoms with Crippen molar-refractivity contribution in [1.29, 1.82) is 0 Å². The van der Waals surface area contributed by atoms with E-state index in [1.165, 1.54) is 0 Å². The number of hydrogen-bond acceptors (Lipinski definition) is 3. The summed E-state index contributed by atoms with van der Waals surface area (Å²) in [5, 5.41) is 11.6. The summed E-state index contributed by atoms with van der Waals surface area (Å²) in [5.41, 5.74) is 0.819. The van der Waals surface area contributed by atoms with Crippen LogP contribution in [0.3, 0.4) is 0 Å². The third-order valence-corrected chi connectivity index (χ3v) is 1.46. The Bertz CT molecular complexity index is 286. The van der Waals surface area contributed by atoms with Gasteiger partial charge in [0.15, 0.2) is 0 Å². The van der Waals surface area contributed by atoms with Crippen LogP contribution in [0.1, 0.15) is 16.1 Å². The summed E-state index contributed by atoms with van der Waals surface area (Å²) in [6.45, 7) is 0.475. The molecule has 0 aliphatic carbocycles. The maximum Gasteiger partial charge on any atom is 0.337 e. The monoisotopic (exact) mass is 166 g/mol. The second-order valence-electron chi connectivity index (χ2n) is 2.33. The number of nitrogens with zero attached hydrogens (tertiary/aromatic N) is 1. The van der Waals surface area contributed by atoms with Crippen molar-refractivity contribution >= 4 is 5.97 Å². The topological polar surface area (TPSA) is 62.2 Å². The maximum atomic E-state index is 10.6. The van der Waals surface area contributed by atoms with E-state index in [1.54, 1.807) is 25.4 Å². The minimum atomic E-state index is -0.937. The van der Waals surface area contributed by atoms with Crippen molar-refractivity contribution in [2.24, 2.45) is 0 Å². The van der Waals surface area contributed by atoms with Gasteiger partial charge >= 0.3 is 5.97 Å². The van der Waals surface area contributed by atoms with Crippen molar-refractivity contribution in [3.05, 3.63) is 29.6 Å². The lowest BCUT2D eigenvalue weighted by atomic mass is 10.2. The molecular weight excluding hydrogens is 156 g/mol. The highest BCUT2D eigenvalue weighted by Gasteiger charge is 2.08. The van der Waals surface area contributed by atoms with Crippen molar-refractivity contribution in [3.8, 4) is 0 Å². The molecule has 0 fully saturated rings. The van der Waals surface area contributed by atoms with E-state index in [0.717, 1.165) is 0 Å². The summed E-state index contributed by atoms with van der Waals surface area (Å²) in [6.07, 6.45) is 1.58. The number of aromatic carboxylic acids is 1. The van der Waals surface area contributed by atoms with Crippen LogP contribution in [0.25, 0.3) is 0 Å². The Labute approximate surface area is 70.3 Å². The summed E-state index contributed by atoms with van der Waals surface area (Å²) in [4.78, 5) is 14.6. The van der Waals surface area contributed by atoms with Crippen LogP contribution < -0.4 is 5.32 Å². The van der Waals surface area contributed by atoms with E-state index in [0.29, 0.717) is 12.2 Å². The number of aromatic nitrogens is 1. The SMILES string of the molecule is CNCc1ncccc1C(=O)O. The first-order valence-electron chi connectivity index (χ1n) is 3.57. The molecule has 64 valence electrons. The lowest BCUT2D eigenvalue weighted by Crippen LogP contribution is -2.12. The smallest absolute Gasteiger partial charge is 0.337 e. The van der Waals surface area contributed by atoms with E-state index >= 15 is 0 Å². The Hall–Kier alpha value is -1.42. The van der Waals surface area contributed by atoms with Gasteiger partial charge in [-0.05, 0) is 19.2 Å². The molecular formula is C8H10N2O2. The molecule has 0 aliphatic rings. The molecule has 0 atom stereocenters. The number of hydrogen-bond donors (Lipinski definition) is 2. The Morgan fingerprint density at radius 2 is 2.50 bits per heavy atom. The number of rotatable bonds is 3. The molecule has 1 aromatic heterocycles. The van der Waals surface area contributed by atoms with E-state index in [2.05, 4.69) is 10.3 Å². The Morgan fingerprint density at radius 1 is 1.75 bits per heavy atom. The molecule has 0 saturated heterocycles. The Balaban J connectivity index is 3.00. The van der Waals surface area contributed by atoms with E-state index in [4.69, 9.17) is 5.11 Å². The fourth-order valence-electron chi connectivity index (χ4n) is 0.941. The molecule has 0 amide bonds. The molecule has 0 spiro atoms. The van der Waals surface area contributed by atoms with Crippen molar-refractivity contribution in [1.82, 2.24) is 10.3 Å². The quantitative estimate of drug-likeness (QED) is 0.686. The van der Waals surface area contributed by atoms with Crippen LogP contribution in [0.5, 0.6) is 0 Å². The summed E-state index contributed by atoms with van der Waals surface area (Å²) >= 11 is 0. The standard InChI is InChI=1S/C8H10N2O2/c1-9-5-7-6(8(11)12)3-2-4-10-7/h2-4,9H,5H2,1H3,(H,11,12). The van der Waals surface area contributed by atoms with E-state index in [9.17, 15) is 4.79 Å². The predicted octanol–water partition coefficient (Wildman–Crippen LogP) is 0.499. The third kappa shape index (κ3) is 1.79.